The van der Waals surface area contributed by atoms with E-state index in [-0.39, 0.29) is 11.5 Å². The summed E-state index contributed by atoms with van der Waals surface area (Å²) in [6.07, 6.45) is 7.23. The first-order chi connectivity index (χ1) is 10.1. The molecule has 0 aromatic heterocycles. The van der Waals surface area contributed by atoms with E-state index in [9.17, 15) is 5.11 Å². The predicted octanol–water partition coefficient (Wildman–Crippen LogP) is 3.89. The molecule has 2 atom stereocenters. The molecule has 0 saturated carbocycles. The SMILES string of the molecule is COc1ccc2c(c1)CCC1=C2CC[C@@]2(C)C1=CC[C@@H]2O. The van der Waals surface area contributed by atoms with Gasteiger partial charge in [0, 0.05) is 5.41 Å². The van der Waals surface area contributed by atoms with Crippen molar-refractivity contribution in [2.45, 2.75) is 45.1 Å². The molecule has 1 aromatic rings. The highest BCUT2D eigenvalue weighted by molar-refractivity contribution is 5.79. The van der Waals surface area contributed by atoms with Gasteiger partial charge in [-0.2, -0.15) is 0 Å². The van der Waals surface area contributed by atoms with Crippen molar-refractivity contribution in [3.63, 3.8) is 0 Å². The van der Waals surface area contributed by atoms with Crippen LogP contribution in [0.2, 0.25) is 0 Å². The molecule has 0 heterocycles. The zero-order valence-electron chi connectivity index (χ0n) is 12.8. The normalized spacial score (nSPS) is 30.4. The summed E-state index contributed by atoms with van der Waals surface area (Å²) in [4.78, 5) is 0. The van der Waals surface area contributed by atoms with E-state index in [1.807, 2.05) is 0 Å². The second-order valence-electron chi connectivity index (χ2n) is 6.77. The standard InChI is InChI=1S/C19H22O2/c1-19-10-9-15-14-6-4-13(21-2)11-12(14)3-5-16(15)17(19)7-8-18(19)20/h4,6-7,11,18,20H,3,5,8-10H2,1-2H3/t18-,19-/m0/s1. The van der Waals surface area contributed by atoms with Crippen LogP contribution < -0.4 is 4.74 Å². The third-order valence-corrected chi connectivity index (χ3v) is 5.76. The fraction of sp³-hybridized carbons (Fsp3) is 0.474. The molecule has 0 saturated heterocycles. The largest absolute Gasteiger partial charge is 0.497 e. The average molecular weight is 282 g/mol. The van der Waals surface area contributed by atoms with Crippen LogP contribution in [-0.2, 0) is 6.42 Å². The Hall–Kier alpha value is -1.54. The zero-order chi connectivity index (χ0) is 14.6. The summed E-state index contributed by atoms with van der Waals surface area (Å²) in [5.41, 5.74) is 7.26. The maximum absolute atomic E-state index is 10.3. The van der Waals surface area contributed by atoms with Crippen LogP contribution in [0.25, 0.3) is 5.57 Å². The van der Waals surface area contributed by atoms with Crippen LogP contribution in [0.5, 0.6) is 5.75 Å². The molecule has 0 aliphatic heterocycles. The minimum atomic E-state index is -0.196. The number of hydrogen-bond acceptors (Lipinski definition) is 2. The Morgan fingerprint density at radius 1 is 1.19 bits per heavy atom. The maximum Gasteiger partial charge on any atom is 0.119 e. The van der Waals surface area contributed by atoms with Gasteiger partial charge in [0.15, 0.2) is 0 Å². The number of rotatable bonds is 1. The van der Waals surface area contributed by atoms with Gasteiger partial charge >= 0.3 is 0 Å². The van der Waals surface area contributed by atoms with Crippen LogP contribution in [0.4, 0.5) is 0 Å². The van der Waals surface area contributed by atoms with Gasteiger partial charge in [0.2, 0.25) is 0 Å². The van der Waals surface area contributed by atoms with E-state index in [2.05, 4.69) is 31.2 Å². The number of allylic oxidation sites excluding steroid dienone is 2. The minimum Gasteiger partial charge on any atom is -0.497 e. The van der Waals surface area contributed by atoms with Gasteiger partial charge in [-0.3, -0.25) is 0 Å². The van der Waals surface area contributed by atoms with Gasteiger partial charge in [0.05, 0.1) is 13.2 Å². The van der Waals surface area contributed by atoms with Crippen LogP contribution in [0.3, 0.4) is 0 Å². The summed E-state index contributed by atoms with van der Waals surface area (Å²) in [6, 6.07) is 6.47. The molecule has 21 heavy (non-hydrogen) atoms. The quantitative estimate of drug-likeness (QED) is 0.847. The molecule has 0 bridgehead atoms. The molecule has 0 fully saturated rings. The molecule has 3 aliphatic rings. The van der Waals surface area contributed by atoms with Crippen molar-refractivity contribution in [2.24, 2.45) is 5.41 Å². The van der Waals surface area contributed by atoms with Crippen molar-refractivity contribution in [3.8, 4) is 5.75 Å². The van der Waals surface area contributed by atoms with Gasteiger partial charge in [-0.25, -0.2) is 0 Å². The van der Waals surface area contributed by atoms with Gasteiger partial charge in [-0.05, 0) is 72.1 Å². The van der Waals surface area contributed by atoms with Crippen molar-refractivity contribution in [2.75, 3.05) is 7.11 Å². The lowest BCUT2D eigenvalue weighted by molar-refractivity contribution is 0.0728. The third-order valence-electron chi connectivity index (χ3n) is 5.76. The molecule has 3 aliphatic carbocycles. The number of aryl methyl sites for hydroxylation is 1. The molecule has 0 amide bonds. The Balaban J connectivity index is 1.83. The molecule has 0 radical (unpaired) electrons. The Kier molecular flexibility index (Phi) is 2.80. The van der Waals surface area contributed by atoms with E-state index in [4.69, 9.17) is 4.74 Å². The van der Waals surface area contributed by atoms with Crippen LogP contribution in [0.15, 0.2) is 35.4 Å². The fourth-order valence-corrected chi connectivity index (χ4v) is 4.41. The highest BCUT2D eigenvalue weighted by atomic mass is 16.5. The summed E-state index contributed by atoms with van der Waals surface area (Å²) < 4.78 is 5.36. The van der Waals surface area contributed by atoms with Crippen LogP contribution in [-0.4, -0.2) is 18.3 Å². The molecule has 1 N–H and O–H groups in total. The van der Waals surface area contributed by atoms with Gasteiger partial charge < -0.3 is 9.84 Å². The predicted molar refractivity (Wildman–Crippen MR) is 84.3 cm³/mol. The monoisotopic (exact) mass is 282 g/mol. The van der Waals surface area contributed by atoms with Gasteiger partial charge in [-0.15, -0.1) is 0 Å². The van der Waals surface area contributed by atoms with E-state index in [0.29, 0.717) is 0 Å². The number of ether oxygens (including phenoxy) is 1. The summed E-state index contributed by atoms with van der Waals surface area (Å²) in [7, 11) is 1.73. The van der Waals surface area contributed by atoms with Gasteiger partial charge in [0.1, 0.15) is 5.75 Å². The molecule has 0 spiro atoms. The number of aliphatic hydroxyl groups excluding tert-OH is 1. The molecular formula is C19H22O2. The first-order valence-corrected chi connectivity index (χ1v) is 7.92. The van der Waals surface area contributed by atoms with Gasteiger partial charge in [0.25, 0.3) is 0 Å². The van der Waals surface area contributed by atoms with E-state index < -0.39 is 0 Å². The summed E-state index contributed by atoms with van der Waals surface area (Å²) in [5.74, 6) is 0.953. The minimum absolute atomic E-state index is 0.0111. The molecule has 4 rings (SSSR count). The van der Waals surface area contributed by atoms with Crippen molar-refractivity contribution >= 4 is 5.57 Å². The lowest BCUT2D eigenvalue weighted by Gasteiger charge is -2.40. The number of aliphatic hydroxyl groups is 1. The number of benzene rings is 1. The Labute approximate surface area is 126 Å². The maximum atomic E-state index is 10.3. The second kappa shape index (κ2) is 4.48. The molecule has 1 aromatic carbocycles. The van der Waals surface area contributed by atoms with E-state index in [1.165, 1.54) is 27.8 Å². The van der Waals surface area contributed by atoms with Crippen molar-refractivity contribution in [1.29, 1.82) is 0 Å². The Morgan fingerprint density at radius 2 is 2.05 bits per heavy atom. The van der Waals surface area contributed by atoms with Crippen molar-refractivity contribution in [1.82, 2.24) is 0 Å². The molecule has 2 nitrogen and oxygen atoms in total. The number of fused-ring (bicyclic) bond motifs is 4. The summed E-state index contributed by atoms with van der Waals surface area (Å²) in [6.45, 7) is 2.24. The van der Waals surface area contributed by atoms with Crippen molar-refractivity contribution in [3.05, 3.63) is 46.5 Å². The average Bonchev–Trinajstić information content (AvgIpc) is 2.82. The summed E-state index contributed by atoms with van der Waals surface area (Å²) in [5, 5.41) is 10.3. The van der Waals surface area contributed by atoms with E-state index in [0.717, 1.165) is 37.9 Å². The lowest BCUT2D eigenvalue weighted by Crippen LogP contribution is -2.33. The second-order valence-corrected chi connectivity index (χ2v) is 6.77. The Morgan fingerprint density at radius 3 is 2.86 bits per heavy atom. The number of methoxy groups -OCH3 is 1. The lowest BCUT2D eigenvalue weighted by atomic mass is 9.65. The van der Waals surface area contributed by atoms with Gasteiger partial charge in [-0.1, -0.05) is 19.1 Å². The molecular weight excluding hydrogens is 260 g/mol. The number of hydrogen-bond donors (Lipinski definition) is 1. The topological polar surface area (TPSA) is 29.5 Å². The summed E-state index contributed by atoms with van der Waals surface area (Å²) >= 11 is 0. The first-order valence-electron chi connectivity index (χ1n) is 7.92. The van der Waals surface area contributed by atoms with Crippen LogP contribution >= 0.6 is 0 Å². The van der Waals surface area contributed by atoms with Crippen LogP contribution in [0, 0.1) is 5.41 Å². The smallest absolute Gasteiger partial charge is 0.119 e. The highest BCUT2D eigenvalue weighted by Gasteiger charge is 2.45. The third kappa shape index (κ3) is 1.75. The zero-order valence-corrected chi connectivity index (χ0v) is 12.8. The molecule has 2 heteroatoms. The van der Waals surface area contributed by atoms with Crippen molar-refractivity contribution < 1.29 is 9.84 Å². The first kappa shape index (κ1) is 13.1. The molecule has 0 unspecified atom stereocenters. The van der Waals surface area contributed by atoms with Crippen LogP contribution in [0.1, 0.15) is 43.7 Å². The molecule has 110 valence electrons. The Bertz CT molecular complexity index is 668. The van der Waals surface area contributed by atoms with E-state index in [1.54, 1.807) is 7.11 Å². The fourth-order valence-electron chi connectivity index (χ4n) is 4.41. The highest BCUT2D eigenvalue weighted by Crippen LogP contribution is 2.55. The van der Waals surface area contributed by atoms with E-state index >= 15 is 0 Å².